The van der Waals surface area contributed by atoms with E-state index in [0.29, 0.717) is 0 Å². The highest BCUT2D eigenvalue weighted by Gasteiger charge is 2.17. The second-order valence-corrected chi connectivity index (χ2v) is 5.22. The molecule has 0 heterocycles. The largest absolute Gasteiger partial charge is 0.497 e. The van der Waals surface area contributed by atoms with E-state index in [9.17, 15) is 0 Å². The van der Waals surface area contributed by atoms with Gasteiger partial charge < -0.3 is 4.74 Å². The van der Waals surface area contributed by atoms with Crippen molar-refractivity contribution >= 4 is 0 Å². The van der Waals surface area contributed by atoms with Gasteiger partial charge in [0, 0.05) is 6.04 Å². The van der Waals surface area contributed by atoms with Gasteiger partial charge in [0.2, 0.25) is 0 Å². The van der Waals surface area contributed by atoms with Crippen molar-refractivity contribution in [2.75, 3.05) is 7.11 Å². The van der Waals surface area contributed by atoms with Crippen LogP contribution in [0.5, 0.6) is 5.75 Å². The van der Waals surface area contributed by atoms with Gasteiger partial charge in [-0.25, -0.2) is 0 Å². The Bertz CT molecular complexity index is 344. The molecule has 1 saturated carbocycles. The highest BCUT2D eigenvalue weighted by molar-refractivity contribution is 5.29. The molecule has 1 aromatic rings. The summed E-state index contributed by atoms with van der Waals surface area (Å²) in [7, 11) is 1.69. The molecular formula is C15H24N2O. The molecule has 1 aromatic carbocycles. The molecule has 0 aliphatic heterocycles. The van der Waals surface area contributed by atoms with Crippen molar-refractivity contribution in [2.45, 2.75) is 44.6 Å². The maximum atomic E-state index is 5.68. The van der Waals surface area contributed by atoms with Gasteiger partial charge in [-0.2, -0.15) is 0 Å². The molecule has 1 fully saturated rings. The third kappa shape index (κ3) is 3.47. The van der Waals surface area contributed by atoms with E-state index in [2.05, 4.69) is 17.6 Å². The number of hydrogen-bond acceptors (Lipinski definition) is 3. The predicted octanol–water partition coefficient (Wildman–Crippen LogP) is 3.17. The Balaban J connectivity index is 1.89. The fourth-order valence-corrected chi connectivity index (χ4v) is 2.88. The van der Waals surface area contributed by atoms with Crippen LogP contribution in [-0.2, 0) is 0 Å². The van der Waals surface area contributed by atoms with Gasteiger partial charge >= 0.3 is 0 Å². The number of hydrogen-bond donors (Lipinski definition) is 2. The predicted molar refractivity (Wildman–Crippen MR) is 74.3 cm³/mol. The summed E-state index contributed by atoms with van der Waals surface area (Å²) in [6, 6.07) is 8.44. The Morgan fingerprint density at radius 1 is 1.28 bits per heavy atom. The first-order valence-corrected chi connectivity index (χ1v) is 6.93. The van der Waals surface area contributed by atoms with Crippen molar-refractivity contribution in [2.24, 2.45) is 11.8 Å². The molecule has 100 valence electrons. The van der Waals surface area contributed by atoms with E-state index in [4.69, 9.17) is 10.6 Å². The van der Waals surface area contributed by atoms with Crippen LogP contribution in [0.3, 0.4) is 0 Å². The van der Waals surface area contributed by atoms with Gasteiger partial charge in [0.15, 0.2) is 0 Å². The summed E-state index contributed by atoms with van der Waals surface area (Å²) in [4.78, 5) is 0. The summed E-state index contributed by atoms with van der Waals surface area (Å²) in [5.41, 5.74) is 4.19. The molecule has 3 heteroatoms. The topological polar surface area (TPSA) is 47.3 Å². The van der Waals surface area contributed by atoms with Crippen molar-refractivity contribution < 1.29 is 4.74 Å². The van der Waals surface area contributed by atoms with E-state index in [1.54, 1.807) is 7.11 Å². The lowest BCUT2D eigenvalue weighted by Gasteiger charge is -2.18. The summed E-state index contributed by atoms with van der Waals surface area (Å²) < 4.78 is 5.17. The lowest BCUT2D eigenvalue weighted by Crippen LogP contribution is -2.28. The van der Waals surface area contributed by atoms with Crippen LogP contribution in [0.2, 0.25) is 0 Å². The highest BCUT2D eigenvalue weighted by atomic mass is 16.5. The Hall–Kier alpha value is -1.06. The summed E-state index contributed by atoms with van der Waals surface area (Å²) in [5.74, 6) is 7.49. The number of methoxy groups -OCH3 is 1. The van der Waals surface area contributed by atoms with Gasteiger partial charge in [0.1, 0.15) is 5.75 Å². The fraction of sp³-hybridized carbons (Fsp3) is 0.600. The van der Waals surface area contributed by atoms with E-state index in [-0.39, 0.29) is 6.04 Å². The third-order valence-electron chi connectivity index (χ3n) is 4.06. The fourth-order valence-electron chi connectivity index (χ4n) is 2.88. The molecule has 0 amide bonds. The molecular weight excluding hydrogens is 224 g/mol. The molecule has 2 rings (SSSR count). The molecule has 0 aromatic heterocycles. The zero-order valence-corrected chi connectivity index (χ0v) is 11.2. The van der Waals surface area contributed by atoms with E-state index in [1.807, 2.05) is 12.1 Å². The van der Waals surface area contributed by atoms with Gasteiger partial charge in [-0.05, 0) is 36.5 Å². The van der Waals surface area contributed by atoms with E-state index >= 15 is 0 Å². The molecule has 0 spiro atoms. The van der Waals surface area contributed by atoms with Crippen LogP contribution in [0.15, 0.2) is 24.3 Å². The van der Waals surface area contributed by atoms with Crippen molar-refractivity contribution in [3.05, 3.63) is 29.8 Å². The van der Waals surface area contributed by atoms with Crippen LogP contribution in [0.25, 0.3) is 0 Å². The van der Waals surface area contributed by atoms with E-state index in [1.165, 1.54) is 37.7 Å². The van der Waals surface area contributed by atoms with Crippen molar-refractivity contribution in [1.82, 2.24) is 5.43 Å². The lowest BCUT2D eigenvalue weighted by molar-refractivity contribution is 0.409. The Labute approximate surface area is 110 Å². The van der Waals surface area contributed by atoms with Crippen LogP contribution in [0.1, 0.15) is 50.1 Å². The Kier molecular flexibility index (Phi) is 5.02. The van der Waals surface area contributed by atoms with Crippen LogP contribution < -0.4 is 16.0 Å². The Morgan fingerprint density at radius 2 is 1.94 bits per heavy atom. The van der Waals surface area contributed by atoms with Crippen molar-refractivity contribution in [1.29, 1.82) is 0 Å². The van der Waals surface area contributed by atoms with Gasteiger partial charge in [-0.1, -0.05) is 37.8 Å². The number of hydrazine groups is 1. The van der Waals surface area contributed by atoms with E-state index < -0.39 is 0 Å². The number of rotatable bonds is 6. The smallest absolute Gasteiger partial charge is 0.118 e. The van der Waals surface area contributed by atoms with Crippen LogP contribution in [-0.4, -0.2) is 7.11 Å². The van der Waals surface area contributed by atoms with Gasteiger partial charge in [-0.3, -0.25) is 11.3 Å². The average Bonchev–Trinajstić information content (AvgIpc) is 2.93. The van der Waals surface area contributed by atoms with E-state index in [0.717, 1.165) is 18.1 Å². The second kappa shape index (κ2) is 6.76. The molecule has 1 aliphatic rings. The SMILES string of the molecule is COc1ccc(C(CCC2CCCC2)NN)cc1. The number of nitrogens with one attached hydrogen (secondary N) is 1. The van der Waals surface area contributed by atoms with Crippen molar-refractivity contribution in [3.63, 3.8) is 0 Å². The van der Waals surface area contributed by atoms with Gasteiger partial charge in [0.25, 0.3) is 0 Å². The number of benzene rings is 1. The molecule has 1 unspecified atom stereocenters. The highest BCUT2D eigenvalue weighted by Crippen LogP contribution is 2.31. The zero-order valence-electron chi connectivity index (χ0n) is 11.2. The van der Waals surface area contributed by atoms with Crippen LogP contribution in [0.4, 0.5) is 0 Å². The normalized spacial score (nSPS) is 17.9. The molecule has 18 heavy (non-hydrogen) atoms. The first-order chi connectivity index (χ1) is 8.83. The second-order valence-electron chi connectivity index (χ2n) is 5.22. The van der Waals surface area contributed by atoms with Gasteiger partial charge in [0.05, 0.1) is 7.11 Å². The quantitative estimate of drug-likeness (QED) is 0.600. The van der Waals surface area contributed by atoms with Crippen LogP contribution >= 0.6 is 0 Å². The number of nitrogens with two attached hydrogens (primary N) is 1. The third-order valence-corrected chi connectivity index (χ3v) is 4.06. The molecule has 0 bridgehead atoms. The first-order valence-electron chi connectivity index (χ1n) is 6.93. The molecule has 3 nitrogen and oxygen atoms in total. The van der Waals surface area contributed by atoms with Crippen LogP contribution in [0, 0.1) is 5.92 Å². The first kappa shape index (κ1) is 13.4. The molecule has 1 aliphatic carbocycles. The minimum atomic E-state index is 0.261. The summed E-state index contributed by atoms with van der Waals surface area (Å²) >= 11 is 0. The molecule has 1 atom stereocenters. The monoisotopic (exact) mass is 248 g/mol. The van der Waals surface area contributed by atoms with Gasteiger partial charge in [-0.15, -0.1) is 0 Å². The maximum absolute atomic E-state index is 5.68. The number of ether oxygens (including phenoxy) is 1. The Morgan fingerprint density at radius 3 is 2.50 bits per heavy atom. The molecule has 0 radical (unpaired) electrons. The average molecular weight is 248 g/mol. The lowest BCUT2D eigenvalue weighted by atomic mass is 9.95. The zero-order chi connectivity index (χ0) is 12.8. The minimum Gasteiger partial charge on any atom is -0.497 e. The molecule has 0 saturated heterocycles. The van der Waals surface area contributed by atoms with Crippen molar-refractivity contribution in [3.8, 4) is 5.75 Å². The summed E-state index contributed by atoms with van der Waals surface area (Å²) in [5, 5.41) is 0. The summed E-state index contributed by atoms with van der Waals surface area (Å²) in [6.45, 7) is 0. The maximum Gasteiger partial charge on any atom is 0.118 e. The molecule has 3 N–H and O–H groups in total. The standard InChI is InChI=1S/C15H24N2O/c1-18-14-9-7-13(8-10-14)15(17-16)11-6-12-4-2-3-5-12/h7-10,12,15,17H,2-6,11,16H2,1H3. The minimum absolute atomic E-state index is 0.261. The summed E-state index contributed by atoms with van der Waals surface area (Å²) in [6.07, 6.45) is 8.02.